The number of rotatable bonds is 8. The molecule has 0 aromatic heterocycles. The zero-order chi connectivity index (χ0) is 22.4. The van der Waals surface area contributed by atoms with E-state index in [-0.39, 0.29) is 17.1 Å². The second-order valence-corrected chi connectivity index (χ2v) is 7.08. The molecule has 0 bridgehead atoms. The molecule has 0 N–H and O–H groups in total. The van der Waals surface area contributed by atoms with Gasteiger partial charge in [0, 0.05) is 22.3 Å². The van der Waals surface area contributed by atoms with Gasteiger partial charge < -0.3 is 9.47 Å². The Morgan fingerprint density at radius 1 is 0.656 bits per heavy atom. The first-order valence-corrected chi connectivity index (χ1v) is 10.0. The van der Waals surface area contributed by atoms with Crippen LogP contribution in [0, 0.1) is 0 Å². The van der Waals surface area contributed by atoms with E-state index in [1.165, 1.54) is 18.2 Å². The van der Waals surface area contributed by atoms with Crippen LogP contribution in [-0.4, -0.2) is 12.9 Å². The van der Waals surface area contributed by atoms with Gasteiger partial charge in [0.2, 0.25) is 0 Å². The summed E-state index contributed by atoms with van der Waals surface area (Å²) in [5, 5.41) is 0. The molecule has 0 heterocycles. The van der Waals surface area contributed by atoms with E-state index in [1.807, 2.05) is 91.0 Å². The van der Waals surface area contributed by atoms with Crippen LogP contribution in [0.2, 0.25) is 0 Å². The third-order valence-electron chi connectivity index (χ3n) is 5.12. The number of halogens is 2. The number of aldehydes is 1. The molecule has 4 rings (SSSR count). The highest BCUT2D eigenvalue weighted by Gasteiger charge is 2.39. The fraction of sp³-hybridized carbons (Fsp3) is 0.0741. The van der Waals surface area contributed by atoms with Gasteiger partial charge in [0.15, 0.2) is 17.1 Å². The van der Waals surface area contributed by atoms with Crippen molar-refractivity contribution in [2.24, 2.45) is 0 Å². The minimum atomic E-state index is -3.04. The highest BCUT2D eigenvalue weighted by atomic mass is 19.3. The minimum Gasteiger partial charge on any atom is -0.469 e. The van der Waals surface area contributed by atoms with E-state index in [4.69, 9.17) is 9.47 Å². The Balaban J connectivity index is 2.00. The van der Waals surface area contributed by atoms with Gasteiger partial charge in [-0.3, -0.25) is 4.79 Å². The first-order chi connectivity index (χ1) is 15.6. The van der Waals surface area contributed by atoms with Crippen LogP contribution in [0.15, 0.2) is 109 Å². The zero-order valence-corrected chi connectivity index (χ0v) is 17.0. The lowest BCUT2D eigenvalue weighted by Gasteiger charge is -2.36. The smallest absolute Gasteiger partial charge is 0.387 e. The molecular formula is C27H20F2O3. The average molecular weight is 430 g/mol. The van der Waals surface area contributed by atoms with Crippen molar-refractivity contribution < 1.29 is 23.0 Å². The normalized spacial score (nSPS) is 11.2. The van der Waals surface area contributed by atoms with E-state index in [2.05, 4.69) is 0 Å². The van der Waals surface area contributed by atoms with Crippen molar-refractivity contribution >= 4 is 6.29 Å². The molecule has 5 heteroatoms. The summed E-state index contributed by atoms with van der Waals surface area (Å²) in [6.45, 7) is -3.04. The van der Waals surface area contributed by atoms with Crippen LogP contribution in [0.25, 0.3) is 0 Å². The third-order valence-corrected chi connectivity index (χ3v) is 5.12. The van der Waals surface area contributed by atoms with Crippen LogP contribution in [-0.2, 0) is 5.60 Å². The molecule has 0 aliphatic heterocycles. The van der Waals surface area contributed by atoms with E-state index in [0.29, 0.717) is 6.29 Å². The van der Waals surface area contributed by atoms with E-state index in [0.717, 1.165) is 16.7 Å². The summed E-state index contributed by atoms with van der Waals surface area (Å²) in [5.74, 6) is -0.121. The molecular weight excluding hydrogens is 410 g/mol. The highest BCUT2D eigenvalue weighted by Crippen LogP contribution is 2.44. The monoisotopic (exact) mass is 430 g/mol. The summed E-state index contributed by atoms with van der Waals surface area (Å²) in [7, 11) is 0. The summed E-state index contributed by atoms with van der Waals surface area (Å²) in [6.07, 6.45) is 0.633. The van der Waals surface area contributed by atoms with Crippen LogP contribution in [0.3, 0.4) is 0 Å². The van der Waals surface area contributed by atoms with Crippen molar-refractivity contribution in [3.05, 3.63) is 131 Å². The molecule has 0 spiro atoms. The lowest BCUT2D eigenvalue weighted by atomic mass is 9.80. The Hall–Kier alpha value is -3.99. The Bertz CT molecular complexity index is 1070. The van der Waals surface area contributed by atoms with Crippen LogP contribution in [0.1, 0.15) is 27.0 Å². The van der Waals surface area contributed by atoms with Crippen LogP contribution in [0.4, 0.5) is 8.78 Å². The van der Waals surface area contributed by atoms with Gasteiger partial charge in [0.1, 0.15) is 6.29 Å². The second kappa shape index (κ2) is 9.43. The highest BCUT2D eigenvalue weighted by molar-refractivity contribution is 5.76. The summed E-state index contributed by atoms with van der Waals surface area (Å²) >= 11 is 0. The van der Waals surface area contributed by atoms with Crippen molar-refractivity contribution in [1.82, 2.24) is 0 Å². The van der Waals surface area contributed by atoms with Gasteiger partial charge >= 0.3 is 6.61 Å². The minimum absolute atomic E-state index is 0.0338. The van der Waals surface area contributed by atoms with Crippen LogP contribution >= 0.6 is 0 Å². The van der Waals surface area contributed by atoms with Gasteiger partial charge in [-0.1, -0.05) is 91.0 Å². The SMILES string of the molecule is O=Cc1ccc(OC(F)F)c(OC(c2ccccc2)(c2ccccc2)c2ccccc2)c1. The van der Waals surface area contributed by atoms with Crippen molar-refractivity contribution in [3.63, 3.8) is 0 Å². The van der Waals surface area contributed by atoms with Crippen molar-refractivity contribution in [3.8, 4) is 11.5 Å². The van der Waals surface area contributed by atoms with Gasteiger partial charge in [-0.05, 0) is 18.2 Å². The molecule has 0 aliphatic carbocycles. The van der Waals surface area contributed by atoms with Crippen LogP contribution < -0.4 is 9.47 Å². The lowest BCUT2D eigenvalue weighted by Crippen LogP contribution is -2.36. The number of benzene rings is 4. The number of ether oxygens (including phenoxy) is 2. The Morgan fingerprint density at radius 3 is 1.53 bits per heavy atom. The number of alkyl halides is 2. The van der Waals surface area contributed by atoms with Crippen molar-refractivity contribution in [1.29, 1.82) is 0 Å². The van der Waals surface area contributed by atoms with E-state index in [1.54, 1.807) is 0 Å². The quantitative estimate of drug-likeness (QED) is 0.237. The molecule has 0 amide bonds. The fourth-order valence-electron chi connectivity index (χ4n) is 3.73. The molecule has 4 aromatic carbocycles. The van der Waals surface area contributed by atoms with Gasteiger partial charge in [-0.25, -0.2) is 0 Å². The van der Waals surface area contributed by atoms with Gasteiger partial charge in [0.05, 0.1) is 0 Å². The Kier molecular flexibility index (Phi) is 6.26. The van der Waals surface area contributed by atoms with E-state index >= 15 is 0 Å². The second-order valence-electron chi connectivity index (χ2n) is 7.08. The van der Waals surface area contributed by atoms with Crippen molar-refractivity contribution in [2.45, 2.75) is 12.2 Å². The Morgan fingerprint density at radius 2 is 1.12 bits per heavy atom. The third kappa shape index (κ3) is 4.23. The predicted molar refractivity (Wildman–Crippen MR) is 118 cm³/mol. The Labute approximate surface area is 184 Å². The predicted octanol–water partition coefficient (Wildman–Crippen LogP) is 6.47. The maximum Gasteiger partial charge on any atom is 0.387 e. The van der Waals surface area contributed by atoms with E-state index < -0.39 is 12.2 Å². The van der Waals surface area contributed by atoms with Gasteiger partial charge in [0.25, 0.3) is 0 Å². The molecule has 0 atom stereocenters. The topological polar surface area (TPSA) is 35.5 Å². The van der Waals surface area contributed by atoms with Crippen LogP contribution in [0.5, 0.6) is 11.5 Å². The molecule has 0 aliphatic rings. The molecule has 32 heavy (non-hydrogen) atoms. The lowest BCUT2D eigenvalue weighted by molar-refractivity contribution is -0.0526. The first-order valence-electron chi connectivity index (χ1n) is 10.0. The zero-order valence-electron chi connectivity index (χ0n) is 17.0. The summed E-state index contributed by atoms with van der Waals surface area (Å²) < 4.78 is 37.6. The molecule has 160 valence electrons. The van der Waals surface area contributed by atoms with Gasteiger partial charge in [-0.15, -0.1) is 0 Å². The largest absolute Gasteiger partial charge is 0.469 e. The number of carbonyl (C=O) groups is 1. The van der Waals surface area contributed by atoms with Crippen molar-refractivity contribution in [2.75, 3.05) is 0 Å². The molecule has 0 saturated heterocycles. The number of hydrogen-bond acceptors (Lipinski definition) is 3. The summed E-state index contributed by atoms with van der Waals surface area (Å²) in [5.41, 5.74) is 1.46. The number of hydrogen-bond donors (Lipinski definition) is 0. The maximum absolute atomic E-state index is 13.1. The molecule has 4 aromatic rings. The summed E-state index contributed by atoms with van der Waals surface area (Å²) in [6, 6.07) is 32.6. The molecule has 0 radical (unpaired) electrons. The van der Waals surface area contributed by atoms with Gasteiger partial charge in [-0.2, -0.15) is 8.78 Å². The van der Waals surface area contributed by atoms with E-state index in [9.17, 15) is 13.6 Å². The fourth-order valence-corrected chi connectivity index (χ4v) is 3.73. The average Bonchev–Trinajstić information content (AvgIpc) is 2.85. The molecule has 0 unspecified atom stereocenters. The molecule has 0 fully saturated rings. The number of carbonyl (C=O) groups excluding carboxylic acids is 1. The standard InChI is InChI=1S/C27H20F2O3/c28-26(29)31-24-17-16-20(19-30)18-25(24)32-27(21-10-4-1-5-11-21,22-12-6-2-7-13-22)23-14-8-3-9-15-23/h1-19,26H. The maximum atomic E-state index is 13.1. The first kappa shape index (κ1) is 21.2. The molecule has 3 nitrogen and oxygen atoms in total. The molecule has 0 saturated carbocycles. The summed E-state index contributed by atoms with van der Waals surface area (Å²) in [4.78, 5) is 11.4.